The molecule has 0 aromatic heterocycles. The summed E-state index contributed by atoms with van der Waals surface area (Å²) in [5, 5.41) is 14.4. The number of ether oxygens (including phenoxy) is 3. The van der Waals surface area contributed by atoms with Gasteiger partial charge < -0.3 is 30.0 Å². The molecule has 2 amide bonds. The molecular formula is C23H25F3N2O6. The van der Waals surface area contributed by atoms with E-state index in [0.717, 1.165) is 6.07 Å². The molecule has 11 heteroatoms. The van der Waals surface area contributed by atoms with E-state index in [-0.39, 0.29) is 49.8 Å². The number of hydrogen-bond donors (Lipinski definition) is 3. The number of hydrogen-bond acceptors (Lipinski definition) is 6. The van der Waals surface area contributed by atoms with Crippen LogP contribution in [0.2, 0.25) is 0 Å². The van der Waals surface area contributed by atoms with Crippen molar-refractivity contribution in [3.63, 3.8) is 0 Å². The second kappa shape index (κ2) is 10.7. The molecule has 0 bridgehead atoms. The number of benzene rings is 2. The van der Waals surface area contributed by atoms with Gasteiger partial charge in [0.2, 0.25) is 11.8 Å². The Morgan fingerprint density at radius 3 is 2.32 bits per heavy atom. The minimum absolute atomic E-state index is 0.0586. The van der Waals surface area contributed by atoms with E-state index in [9.17, 15) is 22.8 Å². The maximum Gasteiger partial charge on any atom is 0.420 e. The van der Waals surface area contributed by atoms with Crippen molar-refractivity contribution >= 4 is 11.8 Å². The van der Waals surface area contributed by atoms with Crippen molar-refractivity contribution in [3.05, 3.63) is 53.6 Å². The highest BCUT2D eigenvalue weighted by molar-refractivity contribution is 5.91. The fourth-order valence-corrected chi connectivity index (χ4v) is 3.54. The predicted octanol–water partition coefficient (Wildman–Crippen LogP) is 2.78. The Morgan fingerprint density at radius 1 is 1.09 bits per heavy atom. The van der Waals surface area contributed by atoms with Crippen LogP contribution >= 0.6 is 0 Å². The molecule has 0 unspecified atom stereocenters. The molecule has 2 aromatic carbocycles. The number of aliphatic hydroxyl groups excluding tert-OH is 1. The summed E-state index contributed by atoms with van der Waals surface area (Å²) in [6, 6.07) is 9.61. The van der Waals surface area contributed by atoms with Gasteiger partial charge in [0.15, 0.2) is 0 Å². The molecule has 1 saturated heterocycles. The fourth-order valence-electron chi connectivity index (χ4n) is 3.54. The molecule has 0 spiro atoms. The number of halogens is 3. The Hall–Kier alpha value is -3.31. The quantitative estimate of drug-likeness (QED) is 0.535. The van der Waals surface area contributed by atoms with Crippen LogP contribution in [0.25, 0.3) is 0 Å². The summed E-state index contributed by atoms with van der Waals surface area (Å²) in [5.74, 6) is -1.19. The highest BCUT2D eigenvalue weighted by atomic mass is 19.4. The van der Waals surface area contributed by atoms with Crippen LogP contribution in [0.3, 0.4) is 0 Å². The van der Waals surface area contributed by atoms with Gasteiger partial charge in [0.25, 0.3) is 0 Å². The van der Waals surface area contributed by atoms with Crippen LogP contribution in [0.5, 0.6) is 17.2 Å². The van der Waals surface area contributed by atoms with Gasteiger partial charge in [-0.3, -0.25) is 9.59 Å². The number of amides is 2. The zero-order valence-corrected chi connectivity index (χ0v) is 18.4. The van der Waals surface area contributed by atoms with Crippen molar-refractivity contribution < 1.29 is 42.1 Å². The third-order valence-electron chi connectivity index (χ3n) is 5.40. The van der Waals surface area contributed by atoms with Gasteiger partial charge in [0.1, 0.15) is 35.0 Å². The molecule has 1 aliphatic heterocycles. The summed E-state index contributed by atoms with van der Waals surface area (Å²) in [4.78, 5) is 24.5. The lowest BCUT2D eigenvalue weighted by Gasteiger charge is -2.36. The van der Waals surface area contributed by atoms with Crippen molar-refractivity contribution in [2.24, 2.45) is 0 Å². The summed E-state index contributed by atoms with van der Waals surface area (Å²) in [6.07, 6.45) is -4.10. The van der Waals surface area contributed by atoms with E-state index >= 15 is 0 Å². The number of methoxy groups -OCH3 is 1. The zero-order valence-electron chi connectivity index (χ0n) is 18.4. The summed E-state index contributed by atoms with van der Waals surface area (Å²) in [6.45, 7) is -0.0402. The number of alkyl halides is 3. The Bertz CT molecular complexity index is 1000. The fraction of sp³-hybridized carbons (Fsp3) is 0.391. The van der Waals surface area contributed by atoms with Crippen LogP contribution in [-0.2, 0) is 27.0 Å². The predicted molar refractivity (Wildman–Crippen MR) is 114 cm³/mol. The van der Waals surface area contributed by atoms with Gasteiger partial charge in [0, 0.05) is 32.6 Å². The van der Waals surface area contributed by atoms with Gasteiger partial charge in [-0.25, -0.2) is 0 Å². The summed E-state index contributed by atoms with van der Waals surface area (Å²) in [5.41, 5.74) is -1.47. The topological polar surface area (TPSA) is 106 Å². The Labute approximate surface area is 194 Å². The summed E-state index contributed by atoms with van der Waals surface area (Å²) in [7, 11) is 1.28. The standard InChI is InChI=1S/C23H25F3N2O6/c1-32-17-6-7-19(18(12-17)23(24,25)26)34-16-4-2-15(3-5-16)13-27-21(31)22(28-20(30)14-29)8-10-33-11-9-22/h2-7,12,29H,8-11,13-14H2,1H3,(H,27,31)(H,28,30). The lowest BCUT2D eigenvalue weighted by molar-refractivity contribution is -0.138. The van der Waals surface area contributed by atoms with Crippen molar-refractivity contribution in [3.8, 4) is 17.2 Å². The van der Waals surface area contributed by atoms with Crippen LogP contribution in [-0.4, -0.2) is 49.4 Å². The molecule has 0 aliphatic carbocycles. The number of nitrogens with one attached hydrogen (secondary N) is 2. The molecule has 0 saturated carbocycles. The first kappa shape index (κ1) is 25.3. The smallest absolute Gasteiger partial charge is 0.420 e. The average molecular weight is 482 g/mol. The van der Waals surface area contributed by atoms with E-state index in [1.807, 2.05) is 0 Å². The first-order chi connectivity index (χ1) is 16.2. The molecule has 3 rings (SSSR count). The van der Waals surface area contributed by atoms with Crippen LogP contribution in [0.4, 0.5) is 13.2 Å². The van der Waals surface area contributed by atoms with Gasteiger partial charge in [-0.15, -0.1) is 0 Å². The normalized spacial score (nSPS) is 15.3. The van der Waals surface area contributed by atoms with E-state index in [0.29, 0.717) is 5.56 Å². The van der Waals surface area contributed by atoms with Crippen molar-refractivity contribution in [2.45, 2.75) is 31.1 Å². The van der Waals surface area contributed by atoms with E-state index in [4.69, 9.17) is 19.3 Å². The zero-order chi connectivity index (χ0) is 24.8. The van der Waals surface area contributed by atoms with Gasteiger partial charge in [-0.2, -0.15) is 13.2 Å². The second-order valence-electron chi connectivity index (χ2n) is 7.69. The number of aliphatic hydroxyl groups is 1. The maximum absolute atomic E-state index is 13.4. The van der Waals surface area contributed by atoms with Crippen LogP contribution in [0.15, 0.2) is 42.5 Å². The minimum atomic E-state index is -4.63. The lowest BCUT2D eigenvalue weighted by Crippen LogP contribution is -2.61. The van der Waals surface area contributed by atoms with Crippen molar-refractivity contribution in [1.82, 2.24) is 10.6 Å². The second-order valence-corrected chi connectivity index (χ2v) is 7.69. The SMILES string of the molecule is COc1ccc(Oc2ccc(CNC(=O)C3(NC(=O)CO)CCOCC3)cc2)c(C(F)(F)F)c1. The molecule has 184 valence electrons. The summed E-state index contributed by atoms with van der Waals surface area (Å²) >= 11 is 0. The number of carbonyl (C=O) groups excluding carboxylic acids is 2. The van der Waals surface area contributed by atoms with E-state index in [2.05, 4.69) is 10.6 Å². The molecule has 3 N–H and O–H groups in total. The highest BCUT2D eigenvalue weighted by Gasteiger charge is 2.41. The molecule has 0 atom stereocenters. The maximum atomic E-state index is 13.4. The monoisotopic (exact) mass is 482 g/mol. The van der Waals surface area contributed by atoms with Gasteiger partial charge in [-0.1, -0.05) is 12.1 Å². The van der Waals surface area contributed by atoms with E-state index in [1.165, 1.54) is 31.4 Å². The van der Waals surface area contributed by atoms with Crippen molar-refractivity contribution in [2.75, 3.05) is 26.9 Å². The molecule has 0 radical (unpaired) electrons. The molecule has 8 nitrogen and oxygen atoms in total. The van der Waals surface area contributed by atoms with Crippen molar-refractivity contribution in [1.29, 1.82) is 0 Å². The first-order valence-corrected chi connectivity index (χ1v) is 10.5. The van der Waals surface area contributed by atoms with Gasteiger partial charge >= 0.3 is 6.18 Å². The van der Waals surface area contributed by atoms with E-state index < -0.39 is 35.7 Å². The molecule has 34 heavy (non-hydrogen) atoms. The first-order valence-electron chi connectivity index (χ1n) is 10.5. The van der Waals surface area contributed by atoms with Crippen LogP contribution in [0.1, 0.15) is 24.0 Å². The highest BCUT2D eigenvalue weighted by Crippen LogP contribution is 2.40. The van der Waals surface area contributed by atoms with Gasteiger partial charge in [-0.05, 0) is 35.9 Å². The number of carbonyl (C=O) groups is 2. The Kier molecular flexibility index (Phi) is 8.00. The Balaban J connectivity index is 1.66. The third-order valence-corrected chi connectivity index (χ3v) is 5.40. The molecular weight excluding hydrogens is 457 g/mol. The lowest BCUT2D eigenvalue weighted by atomic mass is 9.88. The molecule has 2 aromatic rings. The molecule has 1 heterocycles. The minimum Gasteiger partial charge on any atom is -0.497 e. The van der Waals surface area contributed by atoms with Crippen LogP contribution in [0, 0.1) is 0 Å². The van der Waals surface area contributed by atoms with Crippen LogP contribution < -0.4 is 20.1 Å². The largest absolute Gasteiger partial charge is 0.497 e. The molecule has 1 fully saturated rings. The third kappa shape index (κ3) is 6.17. The molecule has 1 aliphatic rings. The summed E-state index contributed by atoms with van der Waals surface area (Å²) < 4.78 is 55.7. The van der Waals surface area contributed by atoms with Gasteiger partial charge in [0.05, 0.1) is 7.11 Å². The average Bonchev–Trinajstić information content (AvgIpc) is 2.83. The number of rotatable bonds is 8. The Morgan fingerprint density at radius 2 is 1.74 bits per heavy atom. The van der Waals surface area contributed by atoms with E-state index in [1.54, 1.807) is 12.1 Å².